The lowest BCUT2D eigenvalue weighted by atomic mass is 9.83. The molecule has 0 spiro atoms. The molecule has 0 unspecified atom stereocenters. The molecule has 1 heterocycles. The average Bonchev–Trinajstić information content (AvgIpc) is 2.54. The van der Waals surface area contributed by atoms with Crippen molar-refractivity contribution in [3.8, 4) is 0 Å². The Labute approximate surface area is 99.9 Å². The van der Waals surface area contributed by atoms with Crippen molar-refractivity contribution in [2.45, 2.75) is 26.2 Å². The predicted octanol–water partition coefficient (Wildman–Crippen LogP) is 2.24. The number of fused-ring (bicyclic) bond motifs is 1. The highest BCUT2D eigenvalue weighted by atomic mass is 16.4. The zero-order valence-corrected chi connectivity index (χ0v) is 10.5. The van der Waals surface area contributed by atoms with Crippen LogP contribution in [-0.4, -0.2) is 20.9 Å². The van der Waals surface area contributed by atoms with Gasteiger partial charge < -0.3 is 5.11 Å². The van der Waals surface area contributed by atoms with Crippen molar-refractivity contribution in [1.29, 1.82) is 0 Å². The van der Waals surface area contributed by atoms with Crippen LogP contribution in [0.2, 0.25) is 0 Å². The zero-order chi connectivity index (χ0) is 12.8. The summed E-state index contributed by atoms with van der Waals surface area (Å²) in [5, 5.41) is 14.7. The van der Waals surface area contributed by atoms with Crippen molar-refractivity contribution in [1.82, 2.24) is 9.78 Å². The number of carboxylic acid groups (broad SMARTS) is 1. The van der Waals surface area contributed by atoms with Gasteiger partial charge in [-0.1, -0.05) is 18.2 Å². The molecule has 0 aliphatic heterocycles. The lowest BCUT2D eigenvalue weighted by Crippen LogP contribution is -2.29. The van der Waals surface area contributed by atoms with Crippen molar-refractivity contribution in [2.24, 2.45) is 7.05 Å². The van der Waals surface area contributed by atoms with Crippen LogP contribution in [-0.2, 0) is 17.3 Å². The second-order valence-corrected chi connectivity index (χ2v) is 4.84. The molecule has 2 rings (SSSR count). The third-order valence-electron chi connectivity index (χ3n) is 3.26. The van der Waals surface area contributed by atoms with E-state index in [2.05, 4.69) is 5.10 Å². The number of nitrogens with zero attached hydrogens (tertiary/aromatic N) is 2. The van der Waals surface area contributed by atoms with Gasteiger partial charge in [0, 0.05) is 12.4 Å². The molecule has 90 valence electrons. The van der Waals surface area contributed by atoms with E-state index in [1.54, 1.807) is 18.5 Å². The molecule has 0 aliphatic rings. The monoisotopic (exact) mass is 232 g/mol. The van der Waals surface area contributed by atoms with Gasteiger partial charge in [0.15, 0.2) is 0 Å². The molecule has 0 bridgehead atoms. The van der Waals surface area contributed by atoms with E-state index >= 15 is 0 Å². The Balaban J connectivity index is 2.83. The normalized spacial score (nSPS) is 12.0. The molecule has 0 aliphatic carbocycles. The van der Waals surface area contributed by atoms with Crippen molar-refractivity contribution in [2.75, 3.05) is 0 Å². The second-order valence-electron chi connectivity index (χ2n) is 4.84. The summed E-state index contributed by atoms with van der Waals surface area (Å²) in [7, 11) is 1.84. The minimum absolute atomic E-state index is 0.797. The van der Waals surface area contributed by atoms with E-state index < -0.39 is 11.4 Å². The first kappa shape index (κ1) is 11.6. The van der Waals surface area contributed by atoms with E-state index in [4.69, 9.17) is 0 Å². The largest absolute Gasteiger partial charge is 0.481 e. The summed E-state index contributed by atoms with van der Waals surface area (Å²) in [5.41, 5.74) is 1.70. The van der Waals surface area contributed by atoms with E-state index in [1.165, 1.54) is 0 Å². The fourth-order valence-corrected chi connectivity index (χ4v) is 2.13. The third kappa shape index (κ3) is 1.60. The zero-order valence-electron chi connectivity index (χ0n) is 10.5. The van der Waals surface area contributed by atoms with Gasteiger partial charge in [-0.25, -0.2) is 0 Å². The van der Waals surface area contributed by atoms with Crippen LogP contribution in [0.15, 0.2) is 18.2 Å². The lowest BCUT2D eigenvalue weighted by molar-refractivity contribution is -0.142. The summed E-state index contributed by atoms with van der Waals surface area (Å²) in [6.45, 7) is 5.36. The van der Waals surface area contributed by atoms with Crippen LogP contribution >= 0.6 is 0 Å². The minimum Gasteiger partial charge on any atom is -0.481 e. The minimum atomic E-state index is -0.917. The first-order chi connectivity index (χ1) is 7.85. The topological polar surface area (TPSA) is 55.1 Å². The number of hydrogen-bond acceptors (Lipinski definition) is 2. The number of aryl methyl sites for hydroxylation is 2. The highest BCUT2D eigenvalue weighted by Gasteiger charge is 2.32. The highest BCUT2D eigenvalue weighted by molar-refractivity contribution is 5.91. The maximum absolute atomic E-state index is 11.4. The van der Waals surface area contributed by atoms with Gasteiger partial charge in [0.25, 0.3) is 0 Å². The number of carbonyl (C=O) groups is 1. The first-order valence-electron chi connectivity index (χ1n) is 5.52. The second kappa shape index (κ2) is 3.58. The van der Waals surface area contributed by atoms with Gasteiger partial charge in [-0.05, 0) is 26.3 Å². The lowest BCUT2D eigenvalue weighted by Gasteiger charge is -2.21. The molecule has 17 heavy (non-hydrogen) atoms. The number of carboxylic acids is 1. The van der Waals surface area contributed by atoms with E-state index in [0.717, 1.165) is 22.2 Å². The molecule has 1 aromatic heterocycles. The van der Waals surface area contributed by atoms with Crippen molar-refractivity contribution in [3.05, 3.63) is 29.5 Å². The van der Waals surface area contributed by atoms with Crippen LogP contribution in [0, 0.1) is 6.92 Å². The molecule has 1 aromatic carbocycles. The molecule has 4 nitrogen and oxygen atoms in total. The van der Waals surface area contributed by atoms with Crippen LogP contribution in [0.25, 0.3) is 10.9 Å². The van der Waals surface area contributed by atoms with Gasteiger partial charge in [-0.2, -0.15) is 5.10 Å². The summed E-state index contributed by atoms with van der Waals surface area (Å²) in [4.78, 5) is 11.4. The summed E-state index contributed by atoms with van der Waals surface area (Å²) in [5.74, 6) is -0.830. The highest BCUT2D eigenvalue weighted by Crippen LogP contribution is 2.31. The fourth-order valence-electron chi connectivity index (χ4n) is 2.13. The molecule has 0 atom stereocenters. The number of aromatic nitrogens is 2. The smallest absolute Gasteiger partial charge is 0.313 e. The summed E-state index contributed by atoms with van der Waals surface area (Å²) >= 11 is 0. The Morgan fingerprint density at radius 2 is 2.06 bits per heavy atom. The first-order valence-corrected chi connectivity index (χ1v) is 5.52. The summed E-state index contributed by atoms with van der Waals surface area (Å²) in [6, 6.07) is 5.72. The molecule has 1 N–H and O–H groups in total. The van der Waals surface area contributed by atoms with Crippen LogP contribution in [0.5, 0.6) is 0 Å². The van der Waals surface area contributed by atoms with Crippen molar-refractivity contribution < 1.29 is 9.90 Å². The third-order valence-corrected chi connectivity index (χ3v) is 3.26. The quantitative estimate of drug-likeness (QED) is 0.864. The maximum Gasteiger partial charge on any atom is 0.313 e. The molecule has 0 saturated heterocycles. The van der Waals surface area contributed by atoms with Crippen LogP contribution < -0.4 is 0 Å². The molecular weight excluding hydrogens is 216 g/mol. The van der Waals surface area contributed by atoms with Gasteiger partial charge in [-0.15, -0.1) is 0 Å². The number of hydrogen-bond donors (Lipinski definition) is 1. The van der Waals surface area contributed by atoms with Gasteiger partial charge in [0.2, 0.25) is 0 Å². The van der Waals surface area contributed by atoms with Gasteiger partial charge in [0.05, 0.1) is 16.6 Å². The predicted molar refractivity (Wildman–Crippen MR) is 66.1 cm³/mol. The standard InChI is InChI=1S/C13H16N2O2/c1-8-9-6-5-7-10(11(9)15(4)14-8)13(2,3)12(16)17/h5-7H,1-4H3,(H,16,17). The molecule has 0 fully saturated rings. The molecular formula is C13H16N2O2. The van der Waals surface area contributed by atoms with Gasteiger partial charge in [0.1, 0.15) is 0 Å². The Morgan fingerprint density at radius 3 is 2.65 bits per heavy atom. The molecule has 2 aromatic rings. The fraction of sp³-hybridized carbons (Fsp3) is 0.385. The molecule has 4 heteroatoms. The van der Waals surface area contributed by atoms with Crippen LogP contribution in [0.1, 0.15) is 25.1 Å². The number of benzene rings is 1. The number of rotatable bonds is 2. The number of aliphatic carboxylic acids is 1. The van der Waals surface area contributed by atoms with Crippen LogP contribution in [0.3, 0.4) is 0 Å². The molecule has 0 amide bonds. The number of para-hydroxylation sites is 1. The van der Waals surface area contributed by atoms with E-state index in [9.17, 15) is 9.90 Å². The van der Waals surface area contributed by atoms with Crippen LogP contribution in [0.4, 0.5) is 0 Å². The Bertz CT molecular complexity index is 597. The van der Waals surface area contributed by atoms with Gasteiger partial charge in [-0.3, -0.25) is 9.48 Å². The Morgan fingerprint density at radius 1 is 1.41 bits per heavy atom. The maximum atomic E-state index is 11.4. The van der Waals surface area contributed by atoms with Gasteiger partial charge >= 0.3 is 5.97 Å². The van der Waals surface area contributed by atoms with Crippen molar-refractivity contribution >= 4 is 16.9 Å². The van der Waals surface area contributed by atoms with E-state index in [1.807, 2.05) is 32.2 Å². The van der Waals surface area contributed by atoms with E-state index in [0.29, 0.717) is 0 Å². The Hall–Kier alpha value is -1.84. The van der Waals surface area contributed by atoms with Crippen molar-refractivity contribution in [3.63, 3.8) is 0 Å². The average molecular weight is 232 g/mol. The molecule has 0 saturated carbocycles. The summed E-state index contributed by atoms with van der Waals surface area (Å²) < 4.78 is 1.75. The SMILES string of the molecule is Cc1nn(C)c2c(C(C)(C)C(=O)O)cccc12. The molecule has 0 radical (unpaired) electrons. The summed E-state index contributed by atoms with van der Waals surface area (Å²) in [6.07, 6.45) is 0. The van der Waals surface area contributed by atoms with E-state index in [-0.39, 0.29) is 0 Å². The Kier molecular flexibility index (Phi) is 2.45.